The van der Waals surface area contributed by atoms with Gasteiger partial charge in [-0.2, -0.15) is 0 Å². The smallest absolute Gasteiger partial charge is 0.338 e. The summed E-state index contributed by atoms with van der Waals surface area (Å²) < 4.78 is 5.11. The van der Waals surface area contributed by atoms with Gasteiger partial charge >= 0.3 is 5.97 Å². The Hall–Kier alpha value is -3.97. The molecular formula is C26H21ClN2O5. The lowest BCUT2D eigenvalue weighted by Gasteiger charge is -2.17. The summed E-state index contributed by atoms with van der Waals surface area (Å²) in [6.45, 7) is 4.92. The number of hydrogen-bond acceptors (Lipinski definition) is 5. The molecule has 4 rings (SSSR count). The topological polar surface area (TPSA) is 92.8 Å². The lowest BCUT2D eigenvalue weighted by atomic mass is 10.1. The summed E-state index contributed by atoms with van der Waals surface area (Å²) in [6, 6.07) is 14.7. The summed E-state index contributed by atoms with van der Waals surface area (Å²) in [4.78, 5) is 51.8. The van der Waals surface area contributed by atoms with Gasteiger partial charge in [0.05, 0.1) is 22.4 Å². The van der Waals surface area contributed by atoms with E-state index < -0.39 is 30.3 Å². The number of fused-ring (bicyclic) bond motifs is 1. The van der Waals surface area contributed by atoms with E-state index in [9.17, 15) is 19.2 Å². The fourth-order valence-corrected chi connectivity index (χ4v) is 3.87. The van der Waals surface area contributed by atoms with Crippen LogP contribution >= 0.6 is 11.6 Å². The minimum atomic E-state index is -0.786. The summed E-state index contributed by atoms with van der Waals surface area (Å²) in [7, 11) is 0. The zero-order valence-electron chi connectivity index (χ0n) is 18.8. The molecule has 1 aliphatic heterocycles. The minimum Gasteiger partial charge on any atom is -0.452 e. The summed E-state index contributed by atoms with van der Waals surface area (Å²) in [5.41, 5.74) is 3.78. The molecule has 0 saturated heterocycles. The van der Waals surface area contributed by atoms with Crippen LogP contribution in [-0.2, 0) is 9.53 Å². The van der Waals surface area contributed by atoms with Crippen molar-refractivity contribution < 1.29 is 23.9 Å². The first kappa shape index (κ1) is 23.2. The van der Waals surface area contributed by atoms with E-state index in [-0.39, 0.29) is 16.7 Å². The maximum Gasteiger partial charge on any atom is 0.338 e. The van der Waals surface area contributed by atoms with Crippen molar-refractivity contribution in [2.75, 3.05) is 16.8 Å². The zero-order chi connectivity index (χ0) is 24.6. The van der Waals surface area contributed by atoms with Crippen LogP contribution in [0.25, 0.3) is 0 Å². The van der Waals surface area contributed by atoms with Crippen molar-refractivity contribution in [1.29, 1.82) is 0 Å². The second-order valence-electron chi connectivity index (χ2n) is 8.03. The number of nitrogens with one attached hydrogen (secondary N) is 1. The van der Waals surface area contributed by atoms with Crippen LogP contribution in [0, 0.1) is 20.8 Å². The summed E-state index contributed by atoms with van der Waals surface area (Å²) in [6.07, 6.45) is 0. The van der Waals surface area contributed by atoms with Crippen LogP contribution < -0.4 is 10.2 Å². The molecule has 0 aliphatic carbocycles. The van der Waals surface area contributed by atoms with E-state index in [4.69, 9.17) is 16.3 Å². The minimum absolute atomic E-state index is 0.0643. The normalized spacial score (nSPS) is 12.5. The second kappa shape index (κ2) is 9.11. The Balaban J connectivity index is 1.48. The highest BCUT2D eigenvalue weighted by Crippen LogP contribution is 2.32. The van der Waals surface area contributed by atoms with Gasteiger partial charge in [-0.1, -0.05) is 29.8 Å². The van der Waals surface area contributed by atoms with E-state index in [0.29, 0.717) is 22.0 Å². The van der Waals surface area contributed by atoms with Gasteiger partial charge in [0, 0.05) is 10.7 Å². The molecule has 0 spiro atoms. The van der Waals surface area contributed by atoms with Crippen molar-refractivity contribution in [2.45, 2.75) is 20.8 Å². The molecule has 3 aromatic rings. The number of hydrogen-bond donors (Lipinski definition) is 1. The maximum atomic E-state index is 13.1. The molecule has 0 saturated carbocycles. The Bertz CT molecular complexity index is 1370. The molecule has 1 heterocycles. The number of rotatable bonds is 5. The molecule has 3 amide bonds. The number of carbonyl (C=O) groups excluding carboxylic acids is 4. The number of imide groups is 1. The second-order valence-corrected chi connectivity index (χ2v) is 8.44. The van der Waals surface area contributed by atoms with Gasteiger partial charge in [0.15, 0.2) is 6.61 Å². The van der Waals surface area contributed by atoms with Gasteiger partial charge in [-0.15, -0.1) is 0 Å². The van der Waals surface area contributed by atoms with Crippen molar-refractivity contribution in [1.82, 2.24) is 0 Å². The average molecular weight is 477 g/mol. The van der Waals surface area contributed by atoms with Gasteiger partial charge in [0.2, 0.25) is 0 Å². The zero-order valence-corrected chi connectivity index (χ0v) is 19.5. The Morgan fingerprint density at radius 2 is 1.68 bits per heavy atom. The highest BCUT2D eigenvalue weighted by Gasteiger charge is 2.38. The van der Waals surface area contributed by atoms with Crippen LogP contribution in [-0.4, -0.2) is 30.3 Å². The first-order valence-electron chi connectivity index (χ1n) is 10.5. The molecule has 34 heavy (non-hydrogen) atoms. The Labute approximate surface area is 201 Å². The number of carbonyl (C=O) groups is 4. The fourth-order valence-electron chi connectivity index (χ4n) is 3.69. The van der Waals surface area contributed by atoms with Crippen LogP contribution in [0.3, 0.4) is 0 Å². The number of halogens is 1. The van der Waals surface area contributed by atoms with E-state index in [1.54, 1.807) is 31.2 Å². The number of benzene rings is 3. The lowest BCUT2D eigenvalue weighted by molar-refractivity contribution is -0.119. The molecule has 8 heteroatoms. The Morgan fingerprint density at radius 3 is 2.44 bits per heavy atom. The summed E-state index contributed by atoms with van der Waals surface area (Å²) in [5.74, 6) is -2.29. The molecule has 0 unspecified atom stereocenters. The molecule has 1 aliphatic rings. The van der Waals surface area contributed by atoms with Gasteiger partial charge in [0.1, 0.15) is 0 Å². The van der Waals surface area contributed by atoms with Crippen LogP contribution in [0.1, 0.15) is 47.8 Å². The molecule has 7 nitrogen and oxygen atoms in total. The van der Waals surface area contributed by atoms with Gasteiger partial charge in [-0.05, 0) is 73.9 Å². The molecule has 0 fully saturated rings. The van der Waals surface area contributed by atoms with Crippen LogP contribution in [0.2, 0.25) is 5.02 Å². The number of amides is 3. The highest BCUT2D eigenvalue weighted by atomic mass is 35.5. The predicted octanol–water partition coefficient (Wildman–Crippen LogP) is 4.86. The van der Waals surface area contributed by atoms with E-state index in [0.717, 1.165) is 16.0 Å². The van der Waals surface area contributed by atoms with E-state index in [2.05, 4.69) is 5.32 Å². The third-order valence-corrected chi connectivity index (χ3v) is 6.01. The van der Waals surface area contributed by atoms with Crippen molar-refractivity contribution in [3.63, 3.8) is 0 Å². The highest BCUT2D eigenvalue weighted by molar-refractivity contribution is 6.35. The van der Waals surface area contributed by atoms with Crippen LogP contribution in [0.4, 0.5) is 11.4 Å². The number of ether oxygens (including phenoxy) is 1. The average Bonchev–Trinajstić information content (AvgIpc) is 3.06. The van der Waals surface area contributed by atoms with Gasteiger partial charge in [-0.3, -0.25) is 14.4 Å². The summed E-state index contributed by atoms with van der Waals surface area (Å²) in [5, 5.41) is 3.14. The number of nitrogens with zero attached hydrogens (tertiary/aromatic N) is 1. The van der Waals surface area contributed by atoms with E-state index in [1.165, 1.54) is 18.2 Å². The van der Waals surface area contributed by atoms with Crippen LogP contribution in [0.15, 0.2) is 54.6 Å². The van der Waals surface area contributed by atoms with E-state index >= 15 is 0 Å². The van der Waals surface area contributed by atoms with Crippen molar-refractivity contribution in [3.05, 3.63) is 93.0 Å². The van der Waals surface area contributed by atoms with Crippen molar-refractivity contribution in [2.24, 2.45) is 0 Å². The Morgan fingerprint density at radius 1 is 0.941 bits per heavy atom. The molecule has 0 atom stereocenters. The summed E-state index contributed by atoms with van der Waals surface area (Å²) >= 11 is 6.05. The van der Waals surface area contributed by atoms with Gasteiger partial charge < -0.3 is 10.1 Å². The number of anilines is 2. The SMILES string of the molecule is Cc1ccc(C)c(N2C(=O)c3ccc(C(=O)OCC(=O)Nc4cccc(Cl)c4C)cc3C2=O)c1. The number of esters is 1. The maximum absolute atomic E-state index is 13.1. The molecule has 1 N–H and O–H groups in total. The Kier molecular flexibility index (Phi) is 6.22. The molecule has 3 aromatic carbocycles. The molecule has 0 radical (unpaired) electrons. The molecular weight excluding hydrogens is 456 g/mol. The van der Waals surface area contributed by atoms with E-state index in [1.807, 2.05) is 26.0 Å². The predicted molar refractivity (Wildman–Crippen MR) is 129 cm³/mol. The lowest BCUT2D eigenvalue weighted by Crippen LogP contribution is -2.30. The monoisotopic (exact) mass is 476 g/mol. The van der Waals surface area contributed by atoms with Gasteiger partial charge in [0.25, 0.3) is 17.7 Å². The third kappa shape index (κ3) is 4.30. The molecule has 0 aromatic heterocycles. The van der Waals surface area contributed by atoms with Crippen molar-refractivity contribution in [3.8, 4) is 0 Å². The first-order valence-corrected chi connectivity index (χ1v) is 10.9. The van der Waals surface area contributed by atoms with Gasteiger partial charge in [-0.25, -0.2) is 9.69 Å². The molecule has 172 valence electrons. The standard InChI is InChI=1S/C26H21ClN2O5/c1-14-7-8-15(2)22(11-14)29-24(31)18-10-9-17(12-19(18)25(29)32)26(33)34-13-23(30)28-21-6-4-5-20(27)16(21)3/h4-12H,13H2,1-3H3,(H,28,30). The fraction of sp³-hybridized carbons (Fsp3) is 0.154. The van der Waals surface area contributed by atoms with Crippen molar-refractivity contribution >= 4 is 46.7 Å². The largest absolute Gasteiger partial charge is 0.452 e. The number of aryl methyl sites for hydroxylation is 2. The third-order valence-electron chi connectivity index (χ3n) is 5.60. The quantitative estimate of drug-likeness (QED) is 0.419. The molecule has 0 bridgehead atoms. The van der Waals surface area contributed by atoms with Crippen LogP contribution in [0.5, 0.6) is 0 Å². The first-order chi connectivity index (χ1) is 16.2.